The van der Waals surface area contributed by atoms with Crippen molar-refractivity contribution in [2.75, 3.05) is 6.61 Å². The minimum Gasteiger partial charge on any atom is -0.491 e. The SMILES string of the molecule is Cc1cccc(C)c1OCC(C)NC(=O)C(C)(C)N. The fourth-order valence-electron chi connectivity index (χ4n) is 1.69. The second-order valence-electron chi connectivity index (χ2n) is 5.63. The Kier molecular flexibility index (Phi) is 4.95. The Morgan fingerprint density at radius 2 is 1.89 bits per heavy atom. The van der Waals surface area contributed by atoms with Crippen LogP contribution in [-0.2, 0) is 4.79 Å². The topological polar surface area (TPSA) is 64.3 Å². The Hall–Kier alpha value is -1.55. The molecule has 0 radical (unpaired) electrons. The fourth-order valence-corrected chi connectivity index (χ4v) is 1.69. The van der Waals surface area contributed by atoms with E-state index in [4.69, 9.17) is 10.5 Å². The minimum absolute atomic E-state index is 0.0886. The van der Waals surface area contributed by atoms with Crippen LogP contribution in [0, 0.1) is 13.8 Å². The Morgan fingerprint density at radius 3 is 2.37 bits per heavy atom. The van der Waals surface area contributed by atoms with E-state index in [1.54, 1.807) is 13.8 Å². The monoisotopic (exact) mass is 264 g/mol. The first-order valence-electron chi connectivity index (χ1n) is 6.50. The van der Waals surface area contributed by atoms with Crippen LogP contribution in [-0.4, -0.2) is 24.1 Å². The summed E-state index contributed by atoms with van der Waals surface area (Å²) < 4.78 is 5.79. The van der Waals surface area contributed by atoms with Crippen LogP contribution in [0.4, 0.5) is 0 Å². The molecule has 0 saturated carbocycles. The summed E-state index contributed by atoms with van der Waals surface area (Å²) in [5.41, 5.74) is 7.05. The van der Waals surface area contributed by atoms with Crippen molar-refractivity contribution in [3.05, 3.63) is 29.3 Å². The molecule has 1 aromatic rings. The fraction of sp³-hybridized carbons (Fsp3) is 0.533. The summed E-state index contributed by atoms with van der Waals surface area (Å²) in [7, 11) is 0. The van der Waals surface area contributed by atoms with E-state index in [1.165, 1.54) is 0 Å². The van der Waals surface area contributed by atoms with E-state index in [-0.39, 0.29) is 11.9 Å². The number of aryl methyl sites for hydroxylation is 2. The van der Waals surface area contributed by atoms with Crippen LogP contribution in [0.1, 0.15) is 31.9 Å². The Morgan fingerprint density at radius 1 is 1.37 bits per heavy atom. The van der Waals surface area contributed by atoms with Gasteiger partial charge in [-0.25, -0.2) is 0 Å². The predicted molar refractivity (Wildman–Crippen MR) is 77.3 cm³/mol. The van der Waals surface area contributed by atoms with Crippen molar-refractivity contribution in [2.45, 2.75) is 46.2 Å². The molecule has 0 fully saturated rings. The van der Waals surface area contributed by atoms with Gasteiger partial charge in [-0.3, -0.25) is 4.79 Å². The van der Waals surface area contributed by atoms with Crippen molar-refractivity contribution in [2.24, 2.45) is 5.73 Å². The van der Waals surface area contributed by atoms with E-state index in [9.17, 15) is 4.79 Å². The van der Waals surface area contributed by atoms with Gasteiger partial charge in [0, 0.05) is 0 Å². The van der Waals surface area contributed by atoms with Gasteiger partial charge < -0.3 is 15.8 Å². The summed E-state index contributed by atoms with van der Waals surface area (Å²) in [5, 5.41) is 2.84. The van der Waals surface area contributed by atoms with Crippen LogP contribution in [0.25, 0.3) is 0 Å². The number of para-hydroxylation sites is 1. The van der Waals surface area contributed by atoms with E-state index in [1.807, 2.05) is 39.0 Å². The zero-order valence-corrected chi connectivity index (χ0v) is 12.4. The van der Waals surface area contributed by atoms with Crippen LogP contribution in [0.15, 0.2) is 18.2 Å². The largest absolute Gasteiger partial charge is 0.491 e. The van der Waals surface area contributed by atoms with Crippen molar-refractivity contribution >= 4 is 5.91 Å². The number of benzene rings is 1. The third kappa shape index (κ3) is 4.56. The smallest absolute Gasteiger partial charge is 0.239 e. The molecule has 1 unspecified atom stereocenters. The quantitative estimate of drug-likeness (QED) is 0.854. The van der Waals surface area contributed by atoms with E-state index in [2.05, 4.69) is 5.32 Å². The van der Waals surface area contributed by atoms with Gasteiger partial charge in [0.25, 0.3) is 0 Å². The van der Waals surface area contributed by atoms with Gasteiger partial charge in [-0.05, 0) is 45.7 Å². The van der Waals surface area contributed by atoms with Gasteiger partial charge in [0.1, 0.15) is 12.4 Å². The molecular weight excluding hydrogens is 240 g/mol. The summed E-state index contributed by atoms with van der Waals surface area (Å²) in [6.45, 7) is 9.71. The number of amides is 1. The van der Waals surface area contributed by atoms with E-state index in [0.29, 0.717) is 6.61 Å². The lowest BCUT2D eigenvalue weighted by atomic mass is 10.1. The summed E-state index contributed by atoms with van der Waals surface area (Å²) in [6, 6.07) is 5.93. The molecule has 106 valence electrons. The molecule has 1 amide bonds. The Bertz CT molecular complexity index is 430. The van der Waals surface area contributed by atoms with Crippen molar-refractivity contribution in [3.8, 4) is 5.75 Å². The molecule has 0 spiro atoms. The first-order chi connectivity index (χ1) is 8.71. The predicted octanol–water partition coefficient (Wildman–Crippen LogP) is 1.92. The van der Waals surface area contributed by atoms with Gasteiger partial charge in [0.15, 0.2) is 0 Å². The maximum Gasteiger partial charge on any atom is 0.239 e. The number of carbonyl (C=O) groups is 1. The number of carbonyl (C=O) groups excluding carboxylic acids is 1. The van der Waals surface area contributed by atoms with Crippen molar-refractivity contribution in [1.29, 1.82) is 0 Å². The molecular formula is C15H24N2O2. The van der Waals surface area contributed by atoms with Crippen LogP contribution in [0.5, 0.6) is 5.75 Å². The number of ether oxygens (including phenoxy) is 1. The second-order valence-corrected chi connectivity index (χ2v) is 5.63. The highest BCUT2D eigenvalue weighted by Crippen LogP contribution is 2.22. The van der Waals surface area contributed by atoms with E-state index >= 15 is 0 Å². The molecule has 3 N–H and O–H groups in total. The lowest BCUT2D eigenvalue weighted by Gasteiger charge is -2.22. The lowest BCUT2D eigenvalue weighted by Crippen LogP contribution is -2.52. The molecule has 0 aliphatic heterocycles. The van der Waals surface area contributed by atoms with E-state index < -0.39 is 5.54 Å². The highest BCUT2D eigenvalue weighted by atomic mass is 16.5. The molecule has 0 bridgehead atoms. The third-order valence-corrected chi connectivity index (χ3v) is 2.85. The maximum atomic E-state index is 11.7. The van der Waals surface area contributed by atoms with Crippen LogP contribution < -0.4 is 15.8 Å². The summed E-state index contributed by atoms with van der Waals surface area (Å²) >= 11 is 0. The molecule has 0 aromatic heterocycles. The maximum absolute atomic E-state index is 11.7. The van der Waals surface area contributed by atoms with Gasteiger partial charge in [-0.15, -0.1) is 0 Å². The number of nitrogens with one attached hydrogen (secondary N) is 1. The third-order valence-electron chi connectivity index (χ3n) is 2.85. The zero-order valence-electron chi connectivity index (χ0n) is 12.4. The summed E-state index contributed by atoms with van der Waals surface area (Å²) in [4.78, 5) is 11.7. The minimum atomic E-state index is -0.868. The molecule has 0 saturated heterocycles. The highest BCUT2D eigenvalue weighted by Gasteiger charge is 2.23. The molecule has 4 nitrogen and oxygen atoms in total. The molecule has 0 aliphatic carbocycles. The van der Waals surface area contributed by atoms with Gasteiger partial charge in [0.05, 0.1) is 11.6 Å². The lowest BCUT2D eigenvalue weighted by molar-refractivity contribution is -0.126. The summed E-state index contributed by atoms with van der Waals surface area (Å²) in [5.74, 6) is 0.709. The number of nitrogens with two attached hydrogens (primary N) is 1. The van der Waals surface area contributed by atoms with Gasteiger partial charge >= 0.3 is 0 Å². The number of rotatable bonds is 5. The molecule has 1 atom stereocenters. The molecule has 1 aromatic carbocycles. The van der Waals surface area contributed by atoms with Crippen molar-refractivity contribution < 1.29 is 9.53 Å². The second kappa shape index (κ2) is 6.06. The van der Waals surface area contributed by atoms with Gasteiger partial charge in [-0.2, -0.15) is 0 Å². The Labute approximate surface area is 115 Å². The average Bonchev–Trinajstić information content (AvgIpc) is 2.27. The normalized spacial score (nSPS) is 12.9. The van der Waals surface area contributed by atoms with Crippen molar-refractivity contribution in [3.63, 3.8) is 0 Å². The first-order valence-corrected chi connectivity index (χ1v) is 6.50. The number of hydrogen-bond donors (Lipinski definition) is 2. The molecule has 4 heteroatoms. The molecule has 19 heavy (non-hydrogen) atoms. The van der Waals surface area contributed by atoms with Crippen molar-refractivity contribution in [1.82, 2.24) is 5.32 Å². The first kappa shape index (κ1) is 15.5. The molecule has 0 aliphatic rings. The Balaban J connectivity index is 2.56. The van der Waals surface area contributed by atoms with Crippen LogP contribution >= 0.6 is 0 Å². The summed E-state index contributed by atoms with van der Waals surface area (Å²) in [6.07, 6.45) is 0. The molecule has 1 rings (SSSR count). The van der Waals surface area contributed by atoms with Gasteiger partial charge in [-0.1, -0.05) is 18.2 Å². The highest BCUT2D eigenvalue weighted by molar-refractivity contribution is 5.85. The van der Waals surface area contributed by atoms with Crippen LogP contribution in [0.3, 0.4) is 0 Å². The van der Waals surface area contributed by atoms with Crippen LogP contribution in [0.2, 0.25) is 0 Å². The van der Waals surface area contributed by atoms with E-state index in [0.717, 1.165) is 16.9 Å². The van der Waals surface area contributed by atoms with Gasteiger partial charge in [0.2, 0.25) is 5.91 Å². The standard InChI is InChI=1S/C15H24N2O2/c1-10-7-6-8-11(2)13(10)19-9-12(3)17-14(18)15(4,5)16/h6-8,12H,9,16H2,1-5H3,(H,17,18). The zero-order chi connectivity index (χ0) is 14.6. The number of hydrogen-bond acceptors (Lipinski definition) is 3. The average molecular weight is 264 g/mol. The molecule has 0 heterocycles.